The van der Waals surface area contributed by atoms with E-state index in [1.165, 1.54) is 48.8 Å². The molecule has 1 fully saturated rings. The standard InChI is InChI=1S/C22H28N2O3S2/c1-2-3-4-5-6-16-7-9-17(10-8-16)24-18(11-12-20(24)25)13-14-28-22-23-15-19(29-22)21(26)27/h7-10,15,18H,2-6,11-14H2,1H3,(H,26,27)/t18-/m1/s1. The number of anilines is 1. The Kier molecular flexibility index (Phi) is 8.12. The van der Waals surface area contributed by atoms with Crippen molar-refractivity contribution in [2.24, 2.45) is 0 Å². The van der Waals surface area contributed by atoms with E-state index in [4.69, 9.17) is 5.11 Å². The van der Waals surface area contributed by atoms with Gasteiger partial charge in [0.2, 0.25) is 5.91 Å². The molecule has 0 spiro atoms. The van der Waals surface area contributed by atoms with Crippen LogP contribution in [0.15, 0.2) is 34.8 Å². The Bertz CT molecular complexity index is 820. The molecule has 2 aromatic rings. The topological polar surface area (TPSA) is 70.5 Å². The van der Waals surface area contributed by atoms with Crippen LogP contribution in [0.4, 0.5) is 5.69 Å². The van der Waals surface area contributed by atoms with Crippen LogP contribution in [-0.2, 0) is 11.2 Å². The molecule has 29 heavy (non-hydrogen) atoms. The molecule has 1 N–H and O–H groups in total. The fourth-order valence-electron chi connectivity index (χ4n) is 3.66. The maximum absolute atomic E-state index is 12.5. The van der Waals surface area contributed by atoms with Gasteiger partial charge < -0.3 is 10.0 Å². The molecular formula is C22H28N2O3S2. The molecule has 0 saturated carbocycles. The summed E-state index contributed by atoms with van der Waals surface area (Å²) in [4.78, 5) is 29.8. The summed E-state index contributed by atoms with van der Waals surface area (Å²) in [6.07, 6.45) is 9.87. The third-order valence-corrected chi connectivity index (χ3v) is 7.41. The highest BCUT2D eigenvalue weighted by molar-refractivity contribution is 8.01. The quantitative estimate of drug-likeness (QED) is 0.367. The average molecular weight is 433 g/mol. The Morgan fingerprint density at radius 2 is 2.07 bits per heavy atom. The molecule has 1 amide bonds. The second kappa shape index (κ2) is 10.8. The number of carbonyl (C=O) groups is 2. The van der Waals surface area contributed by atoms with Crippen LogP contribution >= 0.6 is 23.1 Å². The van der Waals surface area contributed by atoms with E-state index in [0.29, 0.717) is 6.42 Å². The lowest BCUT2D eigenvalue weighted by Crippen LogP contribution is -2.33. The van der Waals surface area contributed by atoms with Crippen LogP contribution in [0.3, 0.4) is 0 Å². The summed E-state index contributed by atoms with van der Waals surface area (Å²) in [5, 5.41) is 8.99. The summed E-state index contributed by atoms with van der Waals surface area (Å²) < 4.78 is 0.769. The molecule has 1 aliphatic rings. The number of unbranched alkanes of at least 4 members (excludes halogenated alkanes) is 3. The molecule has 0 aliphatic carbocycles. The van der Waals surface area contributed by atoms with Crippen molar-refractivity contribution < 1.29 is 14.7 Å². The number of hydrogen-bond acceptors (Lipinski definition) is 5. The maximum Gasteiger partial charge on any atom is 0.347 e. The van der Waals surface area contributed by atoms with Gasteiger partial charge in [-0.15, -0.1) is 11.3 Å². The second-order valence-electron chi connectivity index (χ2n) is 7.37. The van der Waals surface area contributed by atoms with Crippen molar-refractivity contribution in [3.05, 3.63) is 40.9 Å². The summed E-state index contributed by atoms with van der Waals surface area (Å²) in [5.74, 6) is 0.0742. The van der Waals surface area contributed by atoms with Crippen molar-refractivity contribution in [2.45, 2.75) is 68.7 Å². The number of thioether (sulfide) groups is 1. The first-order chi connectivity index (χ1) is 14.1. The van der Waals surface area contributed by atoms with Gasteiger partial charge in [0.15, 0.2) is 4.34 Å². The number of hydrogen-bond donors (Lipinski definition) is 1. The SMILES string of the molecule is CCCCCCc1ccc(N2C(=O)CC[C@@H]2CCSc2ncc(C(=O)O)s2)cc1. The van der Waals surface area contributed by atoms with E-state index >= 15 is 0 Å². The fraction of sp³-hybridized carbons (Fsp3) is 0.500. The van der Waals surface area contributed by atoms with Crippen molar-refractivity contribution in [3.8, 4) is 0 Å². The third-order valence-electron chi connectivity index (χ3n) is 5.23. The average Bonchev–Trinajstić information content (AvgIpc) is 3.33. The number of carboxylic acids is 1. The zero-order chi connectivity index (χ0) is 20.6. The van der Waals surface area contributed by atoms with Crippen molar-refractivity contribution >= 4 is 40.7 Å². The van der Waals surface area contributed by atoms with Crippen molar-refractivity contribution in [3.63, 3.8) is 0 Å². The van der Waals surface area contributed by atoms with Crippen molar-refractivity contribution in [1.82, 2.24) is 4.98 Å². The predicted molar refractivity (Wildman–Crippen MR) is 119 cm³/mol. The van der Waals surface area contributed by atoms with Gasteiger partial charge in [-0.3, -0.25) is 4.79 Å². The van der Waals surface area contributed by atoms with Gasteiger partial charge in [-0.2, -0.15) is 0 Å². The molecular weight excluding hydrogens is 404 g/mol. The van der Waals surface area contributed by atoms with Crippen molar-refractivity contribution in [2.75, 3.05) is 10.7 Å². The summed E-state index contributed by atoms with van der Waals surface area (Å²) >= 11 is 2.77. The van der Waals surface area contributed by atoms with E-state index in [1.807, 2.05) is 4.90 Å². The molecule has 1 atom stereocenters. The minimum absolute atomic E-state index is 0.193. The minimum atomic E-state index is -0.935. The molecule has 5 nitrogen and oxygen atoms in total. The van der Waals surface area contributed by atoms with Crippen LogP contribution in [0.5, 0.6) is 0 Å². The van der Waals surface area contributed by atoms with Crippen LogP contribution < -0.4 is 4.90 Å². The van der Waals surface area contributed by atoms with Gasteiger partial charge in [0, 0.05) is 23.9 Å². The number of aryl methyl sites for hydroxylation is 1. The van der Waals surface area contributed by atoms with Gasteiger partial charge >= 0.3 is 5.97 Å². The summed E-state index contributed by atoms with van der Waals surface area (Å²) in [5.41, 5.74) is 2.32. The molecule has 1 aromatic carbocycles. The number of aromatic nitrogens is 1. The molecule has 0 radical (unpaired) electrons. The molecule has 1 aromatic heterocycles. The number of amides is 1. The monoisotopic (exact) mass is 432 g/mol. The highest BCUT2D eigenvalue weighted by Gasteiger charge is 2.31. The van der Waals surface area contributed by atoms with Crippen LogP contribution in [-0.4, -0.2) is 33.8 Å². The van der Waals surface area contributed by atoms with E-state index in [1.54, 1.807) is 11.8 Å². The second-order valence-corrected chi connectivity index (χ2v) is 9.74. The molecule has 0 unspecified atom stereocenters. The Hall–Kier alpha value is -1.86. The maximum atomic E-state index is 12.5. The lowest BCUT2D eigenvalue weighted by molar-refractivity contribution is -0.117. The third kappa shape index (κ3) is 6.06. The Labute approximate surface area is 180 Å². The van der Waals surface area contributed by atoms with Crippen LogP contribution in [0.25, 0.3) is 0 Å². The van der Waals surface area contributed by atoms with Gasteiger partial charge in [-0.05, 0) is 43.4 Å². The van der Waals surface area contributed by atoms with Gasteiger partial charge in [0.25, 0.3) is 0 Å². The summed E-state index contributed by atoms with van der Waals surface area (Å²) in [7, 11) is 0. The summed E-state index contributed by atoms with van der Waals surface area (Å²) in [6, 6.07) is 8.67. The normalized spacial score (nSPS) is 16.5. The van der Waals surface area contributed by atoms with E-state index in [-0.39, 0.29) is 16.8 Å². The van der Waals surface area contributed by atoms with E-state index in [0.717, 1.165) is 35.0 Å². The Morgan fingerprint density at radius 1 is 1.28 bits per heavy atom. The lowest BCUT2D eigenvalue weighted by Gasteiger charge is -2.25. The van der Waals surface area contributed by atoms with E-state index in [2.05, 4.69) is 36.2 Å². The highest BCUT2D eigenvalue weighted by Crippen LogP contribution is 2.31. The Morgan fingerprint density at radius 3 is 2.76 bits per heavy atom. The zero-order valence-electron chi connectivity index (χ0n) is 16.8. The van der Waals surface area contributed by atoms with Gasteiger partial charge in [0.05, 0.1) is 6.20 Å². The smallest absolute Gasteiger partial charge is 0.347 e. The summed E-state index contributed by atoms with van der Waals surface area (Å²) in [6.45, 7) is 2.22. The number of carboxylic acid groups (broad SMARTS) is 1. The van der Waals surface area contributed by atoms with Gasteiger partial charge in [-0.1, -0.05) is 50.1 Å². The molecule has 156 valence electrons. The van der Waals surface area contributed by atoms with Gasteiger partial charge in [0.1, 0.15) is 4.88 Å². The van der Waals surface area contributed by atoms with E-state index < -0.39 is 5.97 Å². The zero-order valence-corrected chi connectivity index (χ0v) is 18.4. The first-order valence-corrected chi connectivity index (χ1v) is 12.1. The molecule has 0 bridgehead atoms. The Balaban J connectivity index is 1.53. The minimum Gasteiger partial charge on any atom is -0.477 e. The largest absolute Gasteiger partial charge is 0.477 e. The molecule has 2 heterocycles. The van der Waals surface area contributed by atoms with Crippen LogP contribution in [0, 0.1) is 0 Å². The van der Waals surface area contributed by atoms with Gasteiger partial charge in [-0.25, -0.2) is 9.78 Å². The molecule has 7 heteroatoms. The molecule has 1 saturated heterocycles. The number of rotatable bonds is 11. The number of benzene rings is 1. The lowest BCUT2D eigenvalue weighted by atomic mass is 10.1. The van der Waals surface area contributed by atoms with Crippen LogP contribution in [0.2, 0.25) is 0 Å². The number of nitrogens with zero attached hydrogens (tertiary/aromatic N) is 2. The van der Waals surface area contributed by atoms with Crippen molar-refractivity contribution in [1.29, 1.82) is 0 Å². The fourth-order valence-corrected chi connectivity index (χ4v) is 5.59. The first-order valence-electron chi connectivity index (χ1n) is 10.3. The number of thiazole rings is 1. The molecule has 3 rings (SSSR count). The predicted octanol–water partition coefficient (Wildman–Crippen LogP) is 5.64. The number of carbonyl (C=O) groups excluding carboxylic acids is 1. The molecule has 1 aliphatic heterocycles. The van der Waals surface area contributed by atoms with Crippen LogP contribution in [0.1, 0.15) is 67.1 Å². The number of aromatic carboxylic acids is 1. The van der Waals surface area contributed by atoms with E-state index in [9.17, 15) is 9.59 Å². The highest BCUT2D eigenvalue weighted by atomic mass is 32.2. The first kappa shape index (κ1) is 21.8.